The largest absolute Gasteiger partial charge is 0.312 e. The van der Waals surface area contributed by atoms with Crippen LogP contribution in [0.1, 0.15) is 32.6 Å². The Kier molecular flexibility index (Phi) is 6.49. The van der Waals surface area contributed by atoms with E-state index in [1.807, 2.05) is 10.8 Å². The van der Waals surface area contributed by atoms with Crippen molar-refractivity contribution in [3.05, 3.63) is 25.3 Å². The lowest BCUT2D eigenvalue weighted by atomic mass is 10.1. The van der Waals surface area contributed by atoms with Crippen LogP contribution in [0.25, 0.3) is 0 Å². The molecule has 4 nitrogen and oxygen atoms in total. The first-order chi connectivity index (χ1) is 7.86. The first kappa shape index (κ1) is 12.9. The molecule has 0 spiro atoms. The van der Waals surface area contributed by atoms with E-state index in [2.05, 4.69) is 28.9 Å². The van der Waals surface area contributed by atoms with Gasteiger partial charge in [-0.3, -0.25) is 4.68 Å². The SMILES string of the molecule is C=CCCC(CCC)NCCn1cncn1. The number of nitrogens with zero attached hydrogens (tertiary/aromatic N) is 3. The Morgan fingerprint density at radius 3 is 3.00 bits per heavy atom. The third-order valence-corrected chi connectivity index (χ3v) is 2.60. The van der Waals surface area contributed by atoms with Gasteiger partial charge >= 0.3 is 0 Å². The fourth-order valence-corrected chi connectivity index (χ4v) is 1.75. The number of nitrogens with one attached hydrogen (secondary N) is 1. The maximum absolute atomic E-state index is 4.07. The van der Waals surface area contributed by atoms with E-state index < -0.39 is 0 Å². The highest BCUT2D eigenvalue weighted by atomic mass is 15.3. The summed E-state index contributed by atoms with van der Waals surface area (Å²) in [6.45, 7) is 7.82. The molecule has 0 saturated heterocycles. The lowest BCUT2D eigenvalue weighted by Gasteiger charge is -2.17. The first-order valence-corrected chi connectivity index (χ1v) is 6.03. The Bertz CT molecular complexity index is 269. The Balaban J connectivity index is 2.18. The van der Waals surface area contributed by atoms with Crippen LogP contribution in [0, 0.1) is 0 Å². The van der Waals surface area contributed by atoms with Gasteiger partial charge in [-0.25, -0.2) is 4.98 Å². The van der Waals surface area contributed by atoms with Crippen LogP contribution in [-0.4, -0.2) is 27.4 Å². The molecule has 0 aromatic carbocycles. The normalized spacial score (nSPS) is 12.6. The summed E-state index contributed by atoms with van der Waals surface area (Å²) in [5, 5.41) is 7.63. The van der Waals surface area contributed by atoms with Gasteiger partial charge in [-0.05, 0) is 19.3 Å². The number of rotatable bonds is 9. The van der Waals surface area contributed by atoms with Gasteiger partial charge < -0.3 is 5.32 Å². The minimum atomic E-state index is 0.603. The highest BCUT2D eigenvalue weighted by Crippen LogP contribution is 2.04. The first-order valence-electron chi connectivity index (χ1n) is 6.03. The molecule has 0 bridgehead atoms. The molecule has 0 radical (unpaired) electrons. The van der Waals surface area contributed by atoms with E-state index in [1.165, 1.54) is 19.3 Å². The summed E-state index contributed by atoms with van der Waals surface area (Å²) in [5.41, 5.74) is 0. The van der Waals surface area contributed by atoms with Crippen molar-refractivity contribution in [1.29, 1.82) is 0 Å². The van der Waals surface area contributed by atoms with E-state index in [9.17, 15) is 0 Å². The molecule has 0 aliphatic carbocycles. The van der Waals surface area contributed by atoms with Crippen LogP contribution in [0.2, 0.25) is 0 Å². The topological polar surface area (TPSA) is 42.7 Å². The van der Waals surface area contributed by atoms with Gasteiger partial charge in [0, 0.05) is 12.6 Å². The second kappa shape index (κ2) is 8.05. The van der Waals surface area contributed by atoms with Gasteiger partial charge in [0.1, 0.15) is 12.7 Å². The maximum Gasteiger partial charge on any atom is 0.137 e. The minimum absolute atomic E-state index is 0.603. The van der Waals surface area contributed by atoms with E-state index in [0.717, 1.165) is 19.5 Å². The summed E-state index contributed by atoms with van der Waals surface area (Å²) in [6, 6.07) is 0.603. The van der Waals surface area contributed by atoms with Crippen LogP contribution in [0.4, 0.5) is 0 Å². The minimum Gasteiger partial charge on any atom is -0.312 e. The summed E-state index contributed by atoms with van der Waals surface area (Å²) in [7, 11) is 0. The van der Waals surface area contributed by atoms with Crippen LogP contribution in [0.5, 0.6) is 0 Å². The van der Waals surface area contributed by atoms with Crippen LogP contribution in [0.3, 0.4) is 0 Å². The summed E-state index contributed by atoms with van der Waals surface area (Å²) >= 11 is 0. The average molecular weight is 222 g/mol. The predicted octanol–water partition coefficient (Wildman–Crippen LogP) is 2.00. The van der Waals surface area contributed by atoms with Gasteiger partial charge in [0.15, 0.2) is 0 Å². The lowest BCUT2D eigenvalue weighted by Crippen LogP contribution is -2.31. The van der Waals surface area contributed by atoms with E-state index in [0.29, 0.717) is 6.04 Å². The Labute approximate surface area is 97.8 Å². The Morgan fingerprint density at radius 1 is 1.50 bits per heavy atom. The van der Waals surface area contributed by atoms with Crippen LogP contribution in [-0.2, 0) is 6.54 Å². The van der Waals surface area contributed by atoms with Gasteiger partial charge in [0.25, 0.3) is 0 Å². The number of hydrogen-bond acceptors (Lipinski definition) is 3. The van der Waals surface area contributed by atoms with Crippen molar-refractivity contribution < 1.29 is 0 Å². The maximum atomic E-state index is 4.07. The third kappa shape index (κ3) is 5.07. The standard InChI is InChI=1S/C12H22N4/c1-3-5-7-12(6-4-2)14-8-9-16-11-13-10-15-16/h3,10-12,14H,1,4-9H2,2H3. The number of hydrogen-bond donors (Lipinski definition) is 1. The second-order valence-electron chi connectivity index (χ2n) is 3.96. The molecular weight excluding hydrogens is 200 g/mol. The molecule has 0 aliphatic rings. The lowest BCUT2D eigenvalue weighted by molar-refractivity contribution is 0.429. The molecule has 0 amide bonds. The average Bonchev–Trinajstić information content (AvgIpc) is 2.79. The molecule has 0 fully saturated rings. The van der Waals surface area contributed by atoms with E-state index in [1.54, 1.807) is 12.7 Å². The zero-order valence-corrected chi connectivity index (χ0v) is 10.1. The Hall–Kier alpha value is -1.16. The predicted molar refractivity (Wildman–Crippen MR) is 66.2 cm³/mol. The van der Waals surface area contributed by atoms with Crippen LogP contribution < -0.4 is 5.32 Å². The molecule has 1 heterocycles. The Morgan fingerprint density at radius 2 is 2.38 bits per heavy atom. The van der Waals surface area contributed by atoms with Gasteiger partial charge in [-0.1, -0.05) is 19.4 Å². The van der Waals surface area contributed by atoms with Gasteiger partial charge in [0.05, 0.1) is 6.54 Å². The molecule has 90 valence electrons. The summed E-state index contributed by atoms with van der Waals surface area (Å²) in [6.07, 6.45) is 10.0. The highest BCUT2D eigenvalue weighted by molar-refractivity contribution is 4.73. The fraction of sp³-hybridized carbons (Fsp3) is 0.667. The molecule has 0 aliphatic heterocycles. The molecule has 1 atom stereocenters. The molecular formula is C12H22N4. The summed E-state index contributed by atoms with van der Waals surface area (Å²) in [4.78, 5) is 3.92. The number of allylic oxidation sites excluding steroid dienone is 1. The molecule has 1 unspecified atom stereocenters. The fourth-order valence-electron chi connectivity index (χ4n) is 1.75. The smallest absolute Gasteiger partial charge is 0.137 e. The molecule has 1 aromatic heterocycles. The van der Waals surface area contributed by atoms with Gasteiger partial charge in [-0.15, -0.1) is 6.58 Å². The van der Waals surface area contributed by atoms with E-state index in [4.69, 9.17) is 0 Å². The second-order valence-corrected chi connectivity index (χ2v) is 3.96. The highest BCUT2D eigenvalue weighted by Gasteiger charge is 2.05. The quantitative estimate of drug-likeness (QED) is 0.650. The van der Waals surface area contributed by atoms with Crippen molar-refractivity contribution in [1.82, 2.24) is 20.1 Å². The summed E-state index contributed by atoms with van der Waals surface area (Å²) < 4.78 is 1.85. The summed E-state index contributed by atoms with van der Waals surface area (Å²) in [5.74, 6) is 0. The van der Waals surface area contributed by atoms with Gasteiger partial charge in [-0.2, -0.15) is 5.10 Å². The van der Waals surface area contributed by atoms with Crippen molar-refractivity contribution in [2.45, 2.75) is 45.2 Å². The monoisotopic (exact) mass is 222 g/mol. The van der Waals surface area contributed by atoms with Crippen molar-refractivity contribution >= 4 is 0 Å². The van der Waals surface area contributed by atoms with Crippen molar-refractivity contribution in [2.75, 3.05) is 6.54 Å². The molecule has 4 heteroatoms. The van der Waals surface area contributed by atoms with E-state index in [-0.39, 0.29) is 0 Å². The molecule has 1 rings (SSSR count). The zero-order chi connectivity index (χ0) is 11.6. The van der Waals surface area contributed by atoms with Gasteiger partial charge in [0.2, 0.25) is 0 Å². The molecule has 1 aromatic rings. The number of aromatic nitrogens is 3. The molecule has 16 heavy (non-hydrogen) atoms. The molecule has 0 saturated carbocycles. The third-order valence-electron chi connectivity index (χ3n) is 2.60. The van der Waals surface area contributed by atoms with Crippen molar-refractivity contribution in [2.24, 2.45) is 0 Å². The van der Waals surface area contributed by atoms with Crippen molar-refractivity contribution in [3.63, 3.8) is 0 Å². The van der Waals surface area contributed by atoms with Crippen molar-refractivity contribution in [3.8, 4) is 0 Å². The van der Waals surface area contributed by atoms with E-state index >= 15 is 0 Å². The van der Waals surface area contributed by atoms with Crippen LogP contribution >= 0.6 is 0 Å². The van der Waals surface area contributed by atoms with Crippen LogP contribution in [0.15, 0.2) is 25.3 Å². The molecule has 1 N–H and O–H groups in total. The zero-order valence-electron chi connectivity index (χ0n) is 10.1.